The number of esters is 1. The molecule has 2 atom stereocenters. The number of aromatic nitrogens is 5. The summed E-state index contributed by atoms with van der Waals surface area (Å²) in [6, 6.07) is 9.83. The second-order valence-corrected chi connectivity index (χ2v) is 9.60. The number of fused-ring (bicyclic) bond motifs is 1. The van der Waals surface area contributed by atoms with Gasteiger partial charge in [-0.05, 0) is 49.4 Å². The number of carbonyl (C=O) groups is 1. The summed E-state index contributed by atoms with van der Waals surface area (Å²) in [5, 5.41) is 5.57. The first-order valence-electron chi connectivity index (χ1n) is 12.5. The van der Waals surface area contributed by atoms with E-state index in [1.54, 1.807) is 0 Å². The molecule has 0 spiro atoms. The summed E-state index contributed by atoms with van der Waals surface area (Å²) in [7, 11) is 3.26. The first-order chi connectivity index (χ1) is 17.6. The highest BCUT2D eigenvalue weighted by Gasteiger charge is 2.27. The normalized spacial score (nSPS) is 20.2. The Morgan fingerprint density at radius 2 is 2.08 bits per heavy atom. The van der Waals surface area contributed by atoms with Crippen molar-refractivity contribution in [3.05, 3.63) is 60.2 Å². The third-order valence-electron chi connectivity index (χ3n) is 7.39. The monoisotopic (exact) mass is 486 g/mol. The van der Waals surface area contributed by atoms with Crippen LogP contribution in [0, 0.1) is 0 Å². The molecule has 0 aliphatic carbocycles. The molecule has 2 aliphatic heterocycles. The molecular weight excluding hydrogens is 456 g/mol. The molecular formula is C27H30N6O3. The number of methoxy groups -OCH3 is 1. The number of nitrogens with zero attached hydrogens (tertiary/aromatic N) is 6. The van der Waals surface area contributed by atoms with E-state index in [0.717, 1.165) is 61.2 Å². The third-order valence-corrected chi connectivity index (χ3v) is 7.39. The summed E-state index contributed by atoms with van der Waals surface area (Å²) >= 11 is 0. The summed E-state index contributed by atoms with van der Waals surface area (Å²) < 4.78 is 14.6. The van der Waals surface area contributed by atoms with E-state index in [9.17, 15) is 4.79 Å². The van der Waals surface area contributed by atoms with Crippen LogP contribution in [-0.2, 0) is 16.5 Å². The van der Waals surface area contributed by atoms with Gasteiger partial charge in [0.05, 0.1) is 13.3 Å². The van der Waals surface area contributed by atoms with Gasteiger partial charge in [0.2, 0.25) is 0 Å². The molecule has 1 aromatic carbocycles. The van der Waals surface area contributed by atoms with Crippen LogP contribution in [0.5, 0.6) is 0 Å². The van der Waals surface area contributed by atoms with Crippen molar-refractivity contribution >= 4 is 22.7 Å². The Morgan fingerprint density at radius 3 is 2.92 bits per heavy atom. The number of benzene rings is 1. The van der Waals surface area contributed by atoms with Gasteiger partial charge >= 0.3 is 5.97 Å². The van der Waals surface area contributed by atoms with Gasteiger partial charge in [-0.15, -0.1) is 0 Å². The van der Waals surface area contributed by atoms with Crippen LogP contribution < -0.4 is 4.90 Å². The molecule has 4 aromatic rings. The Bertz CT molecular complexity index is 1400. The lowest BCUT2D eigenvalue weighted by Crippen LogP contribution is -2.20. The van der Waals surface area contributed by atoms with Gasteiger partial charge in [0.25, 0.3) is 0 Å². The summed E-state index contributed by atoms with van der Waals surface area (Å²) in [6.45, 7) is 2.65. The van der Waals surface area contributed by atoms with E-state index in [1.165, 1.54) is 19.1 Å². The van der Waals surface area contributed by atoms with Crippen LogP contribution >= 0.6 is 0 Å². The summed E-state index contributed by atoms with van der Waals surface area (Å²) in [6.07, 6.45) is 10.5. The number of hydrogen-bond donors (Lipinski definition) is 0. The highest BCUT2D eigenvalue weighted by molar-refractivity contribution is 5.96. The maximum atomic E-state index is 12.1. The van der Waals surface area contributed by atoms with E-state index in [2.05, 4.69) is 21.2 Å². The van der Waals surface area contributed by atoms with Crippen molar-refractivity contribution in [1.82, 2.24) is 24.3 Å². The Kier molecular flexibility index (Phi) is 5.92. The van der Waals surface area contributed by atoms with E-state index in [0.29, 0.717) is 17.4 Å². The SMILES string of the molecule is COC(=O)c1cc2ccc(-c3nccc(N4CCC(c5cnn(C6CCCCO6)c5)C4)n3)cc2n1C. The number of anilines is 1. The summed E-state index contributed by atoms with van der Waals surface area (Å²) in [5.74, 6) is 1.65. The smallest absolute Gasteiger partial charge is 0.354 e. The van der Waals surface area contributed by atoms with E-state index in [1.807, 2.05) is 59.0 Å². The Labute approximate surface area is 209 Å². The fraction of sp³-hybridized carbons (Fsp3) is 0.407. The van der Waals surface area contributed by atoms with Gasteiger partial charge in [0.1, 0.15) is 17.7 Å². The minimum Gasteiger partial charge on any atom is -0.464 e. The predicted octanol–water partition coefficient (Wildman–Crippen LogP) is 4.31. The Hall–Kier alpha value is -3.72. The quantitative estimate of drug-likeness (QED) is 0.389. The lowest BCUT2D eigenvalue weighted by Gasteiger charge is -2.22. The van der Waals surface area contributed by atoms with Crippen LogP contribution in [0.25, 0.3) is 22.3 Å². The average Bonchev–Trinajstić information content (AvgIpc) is 3.68. The molecule has 186 valence electrons. The minimum absolute atomic E-state index is 0.0692. The first kappa shape index (κ1) is 22.7. The van der Waals surface area contributed by atoms with Crippen molar-refractivity contribution in [1.29, 1.82) is 0 Å². The molecule has 9 heteroatoms. The first-order valence-corrected chi connectivity index (χ1v) is 12.5. The van der Waals surface area contributed by atoms with Crippen molar-refractivity contribution in [2.24, 2.45) is 7.05 Å². The van der Waals surface area contributed by atoms with Crippen LogP contribution in [0.1, 0.15) is 53.9 Å². The molecule has 2 fully saturated rings. The molecule has 2 saturated heterocycles. The molecule has 2 unspecified atom stereocenters. The molecule has 36 heavy (non-hydrogen) atoms. The zero-order valence-corrected chi connectivity index (χ0v) is 20.6. The van der Waals surface area contributed by atoms with Crippen molar-refractivity contribution in [3.8, 4) is 11.4 Å². The van der Waals surface area contributed by atoms with Gasteiger partial charge in [0.15, 0.2) is 5.82 Å². The lowest BCUT2D eigenvalue weighted by atomic mass is 10.0. The number of hydrogen-bond acceptors (Lipinski definition) is 7. The maximum absolute atomic E-state index is 12.1. The van der Waals surface area contributed by atoms with Crippen LogP contribution in [0.4, 0.5) is 5.82 Å². The minimum atomic E-state index is -0.353. The van der Waals surface area contributed by atoms with Crippen molar-refractivity contribution in [3.63, 3.8) is 0 Å². The second kappa shape index (κ2) is 9.39. The predicted molar refractivity (Wildman–Crippen MR) is 136 cm³/mol. The second-order valence-electron chi connectivity index (χ2n) is 9.60. The highest BCUT2D eigenvalue weighted by Crippen LogP contribution is 2.32. The average molecular weight is 487 g/mol. The van der Waals surface area contributed by atoms with Gasteiger partial charge < -0.3 is 18.9 Å². The molecule has 0 N–H and O–H groups in total. The van der Waals surface area contributed by atoms with Crippen LogP contribution in [0.2, 0.25) is 0 Å². The topological polar surface area (TPSA) is 87.3 Å². The number of carbonyl (C=O) groups excluding carboxylic acids is 1. The van der Waals surface area contributed by atoms with Gasteiger partial charge in [0, 0.05) is 61.5 Å². The molecule has 0 radical (unpaired) electrons. The van der Waals surface area contributed by atoms with Crippen molar-refractivity contribution in [2.45, 2.75) is 37.8 Å². The Morgan fingerprint density at radius 1 is 1.17 bits per heavy atom. The van der Waals surface area contributed by atoms with Crippen molar-refractivity contribution in [2.75, 3.05) is 31.7 Å². The van der Waals surface area contributed by atoms with E-state index >= 15 is 0 Å². The standard InChI is InChI=1S/C27H30N6O3/c1-31-22-14-19(7-6-18(22)13-23(31)27(34)35-2)26-28-10-8-24(30-26)32-11-9-20(16-32)21-15-29-33(17-21)25-5-3-4-12-36-25/h6-8,10,13-15,17,20,25H,3-5,9,11-12,16H2,1-2H3. The largest absolute Gasteiger partial charge is 0.464 e. The molecule has 9 nitrogen and oxygen atoms in total. The van der Waals surface area contributed by atoms with Gasteiger partial charge in [-0.3, -0.25) is 0 Å². The molecule has 5 heterocycles. The number of ether oxygens (including phenoxy) is 2. The fourth-order valence-corrected chi connectivity index (χ4v) is 5.33. The molecule has 0 bridgehead atoms. The zero-order valence-electron chi connectivity index (χ0n) is 20.6. The van der Waals surface area contributed by atoms with E-state index in [4.69, 9.17) is 14.5 Å². The third kappa shape index (κ3) is 4.13. The number of aryl methyl sites for hydroxylation is 1. The molecule has 3 aromatic heterocycles. The summed E-state index contributed by atoms with van der Waals surface area (Å²) in [5.41, 5.74) is 3.62. The van der Waals surface area contributed by atoms with E-state index < -0.39 is 0 Å². The summed E-state index contributed by atoms with van der Waals surface area (Å²) in [4.78, 5) is 23.8. The van der Waals surface area contributed by atoms with Gasteiger partial charge in [-0.1, -0.05) is 12.1 Å². The Balaban J connectivity index is 1.20. The molecule has 0 saturated carbocycles. The fourth-order valence-electron chi connectivity index (χ4n) is 5.33. The van der Waals surface area contributed by atoms with Gasteiger partial charge in [-0.25, -0.2) is 19.4 Å². The van der Waals surface area contributed by atoms with Gasteiger partial charge in [-0.2, -0.15) is 5.10 Å². The van der Waals surface area contributed by atoms with Crippen LogP contribution in [0.15, 0.2) is 48.9 Å². The maximum Gasteiger partial charge on any atom is 0.354 e. The highest BCUT2D eigenvalue weighted by atomic mass is 16.5. The molecule has 0 amide bonds. The molecule has 2 aliphatic rings. The molecule has 6 rings (SSSR count). The van der Waals surface area contributed by atoms with Crippen LogP contribution in [0.3, 0.4) is 0 Å². The lowest BCUT2D eigenvalue weighted by molar-refractivity contribution is -0.0395. The van der Waals surface area contributed by atoms with E-state index in [-0.39, 0.29) is 12.2 Å². The van der Waals surface area contributed by atoms with Crippen LogP contribution in [-0.4, -0.2) is 57.1 Å². The zero-order chi connectivity index (χ0) is 24.6. The number of rotatable bonds is 5. The van der Waals surface area contributed by atoms with Crippen molar-refractivity contribution < 1.29 is 14.3 Å².